The number of carbonyl (C=O) groups is 1. The third-order valence-corrected chi connectivity index (χ3v) is 3.98. The maximum Gasteiger partial charge on any atom is 0.271 e. The Bertz CT molecular complexity index is 967. The number of nitrogen functional groups attached to an aromatic ring is 1. The Kier molecular flexibility index (Phi) is 4.17. The third kappa shape index (κ3) is 3.36. The molecule has 24 heavy (non-hydrogen) atoms. The second kappa shape index (κ2) is 6.42. The highest BCUT2D eigenvalue weighted by Gasteiger charge is 2.08. The number of hydrogen-bond donors (Lipinski definition) is 2. The van der Waals surface area contributed by atoms with E-state index in [1.165, 1.54) is 29.7 Å². The summed E-state index contributed by atoms with van der Waals surface area (Å²) in [6, 6.07) is 11.0. The predicted molar refractivity (Wildman–Crippen MR) is 92.2 cm³/mol. The summed E-state index contributed by atoms with van der Waals surface area (Å²) < 4.78 is 0.808. The van der Waals surface area contributed by atoms with E-state index in [0.29, 0.717) is 16.3 Å². The summed E-state index contributed by atoms with van der Waals surface area (Å²) >= 11 is 1.29. The number of hydrogen-bond acceptors (Lipinski definition) is 7. The van der Waals surface area contributed by atoms with Gasteiger partial charge in [-0.2, -0.15) is 5.10 Å². The number of nitrogens with two attached hydrogens (primary N) is 1. The van der Waals surface area contributed by atoms with Crippen LogP contribution in [0.5, 0.6) is 0 Å². The fourth-order valence-corrected chi connectivity index (χ4v) is 2.81. The SMILES string of the molecule is Nc1nc2ccc(C(=O)N/N=C\c3cccc([N+](=O)[O-])c3)cc2s1. The molecule has 8 nitrogen and oxygen atoms in total. The van der Waals surface area contributed by atoms with Crippen LogP contribution in [0.1, 0.15) is 15.9 Å². The quantitative estimate of drug-likeness (QED) is 0.429. The zero-order valence-corrected chi connectivity index (χ0v) is 13.0. The van der Waals surface area contributed by atoms with E-state index in [4.69, 9.17) is 5.73 Å². The zero-order valence-electron chi connectivity index (χ0n) is 12.2. The number of rotatable bonds is 4. The first kappa shape index (κ1) is 15.6. The number of hydrazone groups is 1. The lowest BCUT2D eigenvalue weighted by Gasteiger charge is -1.99. The second-order valence-electron chi connectivity index (χ2n) is 4.79. The van der Waals surface area contributed by atoms with Gasteiger partial charge in [-0.05, 0) is 18.2 Å². The van der Waals surface area contributed by atoms with Crippen molar-refractivity contribution in [3.05, 3.63) is 63.7 Å². The second-order valence-corrected chi connectivity index (χ2v) is 5.85. The van der Waals surface area contributed by atoms with Crippen LogP contribution in [0.15, 0.2) is 47.6 Å². The first-order chi connectivity index (χ1) is 11.5. The van der Waals surface area contributed by atoms with Crippen molar-refractivity contribution in [3.63, 3.8) is 0 Å². The lowest BCUT2D eigenvalue weighted by Crippen LogP contribution is -2.17. The Morgan fingerprint density at radius 1 is 1.33 bits per heavy atom. The number of aromatic nitrogens is 1. The number of non-ortho nitro benzene ring substituents is 1. The van der Waals surface area contributed by atoms with Gasteiger partial charge in [0.25, 0.3) is 11.6 Å². The molecule has 9 heteroatoms. The van der Waals surface area contributed by atoms with Crippen molar-refractivity contribution in [1.82, 2.24) is 10.4 Å². The van der Waals surface area contributed by atoms with Crippen molar-refractivity contribution in [2.45, 2.75) is 0 Å². The minimum atomic E-state index is -0.494. The lowest BCUT2D eigenvalue weighted by molar-refractivity contribution is -0.384. The first-order valence-corrected chi connectivity index (χ1v) is 7.58. The van der Waals surface area contributed by atoms with Gasteiger partial charge < -0.3 is 5.73 Å². The monoisotopic (exact) mass is 341 g/mol. The molecule has 0 aliphatic carbocycles. The number of nitro benzene ring substituents is 1. The van der Waals surface area contributed by atoms with Crippen LogP contribution in [0, 0.1) is 10.1 Å². The predicted octanol–water partition coefficient (Wildman–Crippen LogP) is 2.55. The highest BCUT2D eigenvalue weighted by atomic mass is 32.1. The zero-order chi connectivity index (χ0) is 17.1. The highest BCUT2D eigenvalue weighted by Crippen LogP contribution is 2.24. The largest absolute Gasteiger partial charge is 0.375 e. The number of benzene rings is 2. The van der Waals surface area contributed by atoms with E-state index in [1.807, 2.05) is 0 Å². The molecule has 0 fully saturated rings. The van der Waals surface area contributed by atoms with Crippen LogP contribution < -0.4 is 11.2 Å². The molecule has 0 aliphatic rings. The van der Waals surface area contributed by atoms with Crippen LogP contribution in [-0.4, -0.2) is 22.0 Å². The average Bonchev–Trinajstić information content (AvgIpc) is 2.94. The summed E-state index contributed by atoms with van der Waals surface area (Å²) in [5, 5.41) is 15.0. The molecule has 2 aromatic carbocycles. The maximum atomic E-state index is 12.1. The molecule has 3 N–H and O–H groups in total. The van der Waals surface area contributed by atoms with Crippen LogP contribution in [0.25, 0.3) is 10.2 Å². The van der Waals surface area contributed by atoms with Crippen molar-refractivity contribution in [1.29, 1.82) is 0 Å². The van der Waals surface area contributed by atoms with Crippen molar-refractivity contribution in [3.8, 4) is 0 Å². The topological polar surface area (TPSA) is 124 Å². The number of nitro groups is 1. The van der Waals surface area contributed by atoms with Crippen LogP contribution in [0.2, 0.25) is 0 Å². The van der Waals surface area contributed by atoms with Gasteiger partial charge in [0.15, 0.2) is 5.13 Å². The normalized spacial score (nSPS) is 11.0. The molecule has 0 atom stereocenters. The van der Waals surface area contributed by atoms with E-state index in [2.05, 4.69) is 15.5 Å². The van der Waals surface area contributed by atoms with Gasteiger partial charge in [0, 0.05) is 23.3 Å². The van der Waals surface area contributed by atoms with Gasteiger partial charge in [-0.15, -0.1) is 0 Å². The lowest BCUT2D eigenvalue weighted by atomic mass is 10.2. The molecule has 0 radical (unpaired) electrons. The minimum Gasteiger partial charge on any atom is -0.375 e. The summed E-state index contributed by atoms with van der Waals surface area (Å²) in [4.78, 5) is 26.4. The third-order valence-electron chi connectivity index (χ3n) is 3.13. The molecular weight excluding hydrogens is 330 g/mol. The van der Waals surface area contributed by atoms with Gasteiger partial charge >= 0.3 is 0 Å². The molecule has 3 aromatic rings. The molecular formula is C15H11N5O3S. The van der Waals surface area contributed by atoms with E-state index >= 15 is 0 Å². The number of amides is 1. The molecule has 0 bridgehead atoms. The molecule has 0 saturated carbocycles. The fraction of sp³-hybridized carbons (Fsp3) is 0. The average molecular weight is 341 g/mol. The molecule has 1 amide bonds. The van der Waals surface area contributed by atoms with E-state index in [0.717, 1.165) is 10.2 Å². The van der Waals surface area contributed by atoms with Gasteiger partial charge in [0.05, 0.1) is 21.4 Å². The molecule has 0 unspecified atom stereocenters. The molecule has 1 heterocycles. The van der Waals surface area contributed by atoms with Crippen LogP contribution >= 0.6 is 11.3 Å². The van der Waals surface area contributed by atoms with Crippen molar-refractivity contribution >= 4 is 44.5 Å². The summed E-state index contributed by atoms with van der Waals surface area (Å²) in [5.74, 6) is -0.398. The van der Waals surface area contributed by atoms with E-state index in [9.17, 15) is 14.9 Å². The summed E-state index contributed by atoms with van der Waals surface area (Å²) in [5.41, 5.74) is 9.63. The standard InChI is InChI=1S/C15H11N5O3S/c16-15-18-12-5-4-10(7-13(12)24-15)14(21)19-17-8-9-2-1-3-11(6-9)20(22)23/h1-8H,(H2,16,18)(H,19,21)/b17-8-. The van der Waals surface area contributed by atoms with Crippen LogP contribution in [0.3, 0.4) is 0 Å². The van der Waals surface area contributed by atoms with Crippen molar-refractivity contribution in [2.75, 3.05) is 5.73 Å². The van der Waals surface area contributed by atoms with E-state index in [1.54, 1.807) is 30.3 Å². The van der Waals surface area contributed by atoms with Crippen molar-refractivity contribution in [2.24, 2.45) is 5.10 Å². The van der Waals surface area contributed by atoms with E-state index in [-0.39, 0.29) is 5.69 Å². The Morgan fingerprint density at radius 2 is 2.17 bits per heavy atom. The summed E-state index contributed by atoms with van der Waals surface area (Å²) in [6.07, 6.45) is 1.34. The smallest absolute Gasteiger partial charge is 0.271 e. The van der Waals surface area contributed by atoms with Gasteiger partial charge in [-0.1, -0.05) is 23.5 Å². The minimum absolute atomic E-state index is 0.0430. The molecule has 0 spiro atoms. The molecule has 0 saturated heterocycles. The van der Waals surface area contributed by atoms with Crippen LogP contribution in [0.4, 0.5) is 10.8 Å². The molecule has 120 valence electrons. The highest BCUT2D eigenvalue weighted by molar-refractivity contribution is 7.22. The number of carbonyl (C=O) groups excluding carboxylic acids is 1. The van der Waals surface area contributed by atoms with Crippen LogP contribution in [-0.2, 0) is 0 Å². The maximum absolute atomic E-state index is 12.1. The van der Waals surface area contributed by atoms with E-state index < -0.39 is 10.8 Å². The van der Waals surface area contributed by atoms with Gasteiger partial charge in [-0.3, -0.25) is 14.9 Å². The Balaban J connectivity index is 1.71. The summed E-state index contributed by atoms with van der Waals surface area (Å²) in [6.45, 7) is 0. The Hall–Kier alpha value is -3.33. The molecule has 0 aliphatic heterocycles. The Morgan fingerprint density at radius 3 is 2.96 bits per heavy atom. The van der Waals surface area contributed by atoms with Gasteiger partial charge in [0.2, 0.25) is 0 Å². The van der Waals surface area contributed by atoms with Gasteiger partial charge in [-0.25, -0.2) is 10.4 Å². The number of nitrogens with zero attached hydrogens (tertiary/aromatic N) is 3. The fourth-order valence-electron chi connectivity index (χ4n) is 2.03. The number of thiazole rings is 1. The van der Waals surface area contributed by atoms with Gasteiger partial charge in [0.1, 0.15) is 0 Å². The molecule has 3 rings (SSSR count). The Labute approximate surface area is 139 Å². The number of anilines is 1. The first-order valence-electron chi connectivity index (χ1n) is 6.77. The number of fused-ring (bicyclic) bond motifs is 1. The molecule has 1 aromatic heterocycles. The van der Waals surface area contributed by atoms with Crippen molar-refractivity contribution < 1.29 is 9.72 Å². The summed E-state index contributed by atoms with van der Waals surface area (Å²) in [7, 11) is 0. The number of nitrogens with one attached hydrogen (secondary N) is 1.